The van der Waals surface area contributed by atoms with E-state index in [-0.39, 0.29) is 36.3 Å². The van der Waals surface area contributed by atoms with Crippen molar-refractivity contribution in [3.05, 3.63) is 119 Å². The molecule has 0 aliphatic carbocycles. The normalized spacial score (nSPS) is 13.1. The second-order valence-electron chi connectivity index (χ2n) is 16.4. The minimum Gasteiger partial charge on any atom is -0.481 e. The summed E-state index contributed by atoms with van der Waals surface area (Å²) in [7, 11) is 6.82. The molecule has 25 heteroatoms. The number of fused-ring (bicyclic) bond motifs is 8. The first-order valence-electron chi connectivity index (χ1n) is 22.2. The molecule has 73 heavy (non-hydrogen) atoms. The van der Waals surface area contributed by atoms with Gasteiger partial charge in [0, 0.05) is 109 Å². The number of amides is 2. The number of nitrogens with one attached hydrogen (secondary N) is 1. The third-order valence-corrected chi connectivity index (χ3v) is 13.3. The minimum absolute atomic E-state index is 0.0440. The summed E-state index contributed by atoms with van der Waals surface area (Å²) in [5.41, 5.74) is 6.21. The van der Waals surface area contributed by atoms with Crippen molar-refractivity contribution in [1.29, 1.82) is 0 Å². The number of aryl methyl sites for hydroxylation is 2. The molecule has 372 valence electrons. The van der Waals surface area contributed by atoms with E-state index in [9.17, 15) is 18.4 Å². The van der Waals surface area contributed by atoms with Crippen molar-refractivity contribution >= 4 is 96.2 Å². The van der Waals surface area contributed by atoms with Gasteiger partial charge in [-0.2, -0.15) is 15.3 Å². The number of benzene rings is 2. The number of methoxy groups -OCH3 is 2. The Morgan fingerprint density at radius 1 is 0.699 bits per heavy atom. The summed E-state index contributed by atoms with van der Waals surface area (Å²) >= 11 is 9.80. The highest BCUT2D eigenvalue weighted by Crippen LogP contribution is 2.41. The molecule has 8 aromatic heterocycles. The number of hydrogen-bond donors (Lipinski definition) is 1. The Morgan fingerprint density at radius 3 is 1.81 bits per heavy atom. The molecule has 1 N–H and O–H groups in total. The molecule has 0 fully saturated rings. The first kappa shape index (κ1) is 48.9. The molecule has 12 rings (SSSR count). The molecule has 20 nitrogen and oxygen atoms in total. The van der Waals surface area contributed by atoms with Crippen LogP contribution in [0.5, 0.6) is 11.5 Å². The van der Waals surface area contributed by atoms with E-state index in [0.717, 1.165) is 42.3 Å². The van der Waals surface area contributed by atoms with E-state index in [0.29, 0.717) is 70.2 Å². The summed E-state index contributed by atoms with van der Waals surface area (Å²) in [6.45, 7) is 1.76. The first-order chi connectivity index (χ1) is 35.4. The van der Waals surface area contributed by atoms with Crippen LogP contribution in [0.15, 0.2) is 113 Å². The predicted molar refractivity (Wildman–Crippen MR) is 272 cm³/mol. The SMILES string of the molecule is COCCN1C(=O)COc2c1cnc1ccc(Br)cc21.COCCN1C(=O)COc2c1cnc1ccc(Sc3nnc4c(F)cc(-c5cnn(C)c5)cn34)cc21.Cn1cc(-c2cc(F)c3n[nH]c(=S)n3c2)cn1. The van der Waals surface area contributed by atoms with Crippen LogP contribution in [0.2, 0.25) is 0 Å². The van der Waals surface area contributed by atoms with Crippen molar-refractivity contribution in [2.45, 2.75) is 10.1 Å². The third kappa shape index (κ3) is 9.96. The number of aromatic amines is 1. The number of carbonyl (C=O) groups excluding carboxylic acids is 2. The van der Waals surface area contributed by atoms with Gasteiger partial charge < -0.3 is 28.7 Å². The summed E-state index contributed by atoms with van der Waals surface area (Å²) in [6.07, 6.45) is 13.8. The van der Waals surface area contributed by atoms with Gasteiger partial charge in [-0.1, -0.05) is 15.9 Å². The van der Waals surface area contributed by atoms with E-state index in [2.05, 4.69) is 56.5 Å². The number of nitrogens with zero attached hydrogens (tertiary/aromatic N) is 13. The van der Waals surface area contributed by atoms with Crippen molar-refractivity contribution in [3.8, 4) is 33.8 Å². The highest BCUT2D eigenvalue weighted by atomic mass is 79.9. The van der Waals surface area contributed by atoms with Gasteiger partial charge in [-0.15, -0.1) is 10.2 Å². The minimum atomic E-state index is -0.471. The number of H-pyrrole nitrogens is 1. The zero-order valence-corrected chi connectivity index (χ0v) is 42.4. The lowest BCUT2D eigenvalue weighted by molar-refractivity contribution is -0.122. The summed E-state index contributed by atoms with van der Waals surface area (Å²) in [4.78, 5) is 37.4. The summed E-state index contributed by atoms with van der Waals surface area (Å²) < 4.78 is 58.0. The molecule has 10 heterocycles. The van der Waals surface area contributed by atoms with Crippen LogP contribution in [0.25, 0.3) is 55.4 Å². The average Bonchev–Trinajstić information content (AvgIpc) is 4.21. The lowest BCUT2D eigenvalue weighted by atomic mass is 10.1. The van der Waals surface area contributed by atoms with E-state index >= 15 is 0 Å². The van der Waals surface area contributed by atoms with Crippen LogP contribution >= 0.6 is 39.9 Å². The van der Waals surface area contributed by atoms with Crippen LogP contribution in [0, 0.1) is 16.4 Å². The average molecular weight is 1090 g/mol. The fourth-order valence-electron chi connectivity index (χ4n) is 8.10. The number of pyridine rings is 4. The predicted octanol–water partition coefficient (Wildman–Crippen LogP) is 7.64. The maximum atomic E-state index is 14.8. The molecule has 0 saturated heterocycles. The maximum absolute atomic E-state index is 14.8. The smallest absolute Gasteiger partial charge is 0.265 e. The topological polar surface area (TPSA) is 202 Å². The molecular formula is C48H41BrF2N14O6S2. The Balaban J connectivity index is 0.000000139. The highest BCUT2D eigenvalue weighted by molar-refractivity contribution is 9.10. The van der Waals surface area contributed by atoms with E-state index in [1.807, 2.05) is 62.9 Å². The van der Waals surface area contributed by atoms with Gasteiger partial charge in [-0.25, -0.2) is 8.78 Å². The van der Waals surface area contributed by atoms with E-state index in [4.69, 9.17) is 31.2 Å². The van der Waals surface area contributed by atoms with E-state index < -0.39 is 11.6 Å². The largest absolute Gasteiger partial charge is 0.481 e. The van der Waals surface area contributed by atoms with E-state index in [1.54, 1.807) is 75.0 Å². The van der Waals surface area contributed by atoms with Gasteiger partial charge in [-0.05, 0) is 72.5 Å². The van der Waals surface area contributed by atoms with Crippen LogP contribution in [0.1, 0.15) is 0 Å². The Labute approximate surface area is 430 Å². The van der Waals surface area contributed by atoms with E-state index in [1.165, 1.54) is 28.3 Å². The van der Waals surface area contributed by atoms with Crippen molar-refractivity contribution < 1.29 is 37.3 Å². The molecule has 0 saturated carbocycles. The van der Waals surface area contributed by atoms with Crippen LogP contribution in [0.3, 0.4) is 0 Å². The Bertz CT molecular complexity index is 3810. The van der Waals surface area contributed by atoms with Crippen LogP contribution in [-0.4, -0.2) is 124 Å². The molecule has 0 unspecified atom stereocenters. The van der Waals surface area contributed by atoms with Gasteiger partial charge in [-0.3, -0.25) is 42.8 Å². The second-order valence-corrected chi connectivity index (χ2v) is 18.7. The van der Waals surface area contributed by atoms with Gasteiger partial charge in [0.25, 0.3) is 11.8 Å². The number of hydrogen-bond acceptors (Lipinski definition) is 15. The molecule has 2 aromatic carbocycles. The Kier molecular flexibility index (Phi) is 13.9. The van der Waals surface area contributed by atoms with Crippen molar-refractivity contribution in [2.75, 3.05) is 63.5 Å². The maximum Gasteiger partial charge on any atom is 0.265 e. The molecule has 10 aromatic rings. The number of carbonyl (C=O) groups is 2. The van der Waals surface area contributed by atoms with Gasteiger partial charge in [0.15, 0.2) is 52.4 Å². The lowest BCUT2D eigenvalue weighted by Crippen LogP contribution is -2.40. The summed E-state index contributed by atoms with van der Waals surface area (Å²) in [6, 6.07) is 14.4. The molecule has 0 bridgehead atoms. The van der Waals surface area contributed by atoms with Crippen LogP contribution < -0.4 is 19.3 Å². The van der Waals surface area contributed by atoms with Crippen molar-refractivity contribution in [2.24, 2.45) is 14.1 Å². The van der Waals surface area contributed by atoms with Gasteiger partial charge in [0.1, 0.15) is 11.4 Å². The van der Waals surface area contributed by atoms with Gasteiger partial charge >= 0.3 is 0 Å². The third-order valence-electron chi connectivity index (χ3n) is 11.6. The first-order valence-corrected chi connectivity index (χ1v) is 24.2. The molecule has 2 amide bonds. The molecule has 2 aliphatic heterocycles. The Hall–Kier alpha value is -7.71. The van der Waals surface area contributed by atoms with Crippen LogP contribution in [-0.2, 0) is 33.2 Å². The van der Waals surface area contributed by atoms with Gasteiger partial charge in [0.2, 0.25) is 5.16 Å². The van der Waals surface area contributed by atoms with Crippen molar-refractivity contribution in [1.82, 2.24) is 58.7 Å². The summed E-state index contributed by atoms with van der Waals surface area (Å²) in [5.74, 6) is 0.180. The van der Waals surface area contributed by atoms with Gasteiger partial charge in [0.05, 0.1) is 49.0 Å². The fourth-order valence-corrected chi connectivity index (χ4v) is 9.49. The molecule has 2 aliphatic rings. The Morgan fingerprint density at radius 2 is 1.25 bits per heavy atom. The standard InChI is InChI=1S/C24H20FN7O3S.C14H13BrN2O3.C10H8FN5S/c1-30-11-15(9-27-30)14-7-18(25)23-28-29-24(32(23)12-14)36-16-3-4-19-17(8-16)22-20(10-26-19)31(5-6-34-2)21(33)13-35-22;1-19-5-4-17-12-7-16-11-3-2-9(15)6-10(11)14(12)20-8-13(17)18;1-15-4-7(3-12-15)6-2-8(11)9-13-14-10(17)16(9)5-6/h3-4,7-12H,5-6,13H2,1-2H3;2-3,6-7H,4-5,8H2,1H3;2-5H,1H3,(H,14,17). The molecule has 0 spiro atoms. The number of halogens is 3. The number of ether oxygens (including phenoxy) is 4. The zero-order valence-electron chi connectivity index (χ0n) is 39.2. The molecular weight excluding hydrogens is 1050 g/mol. The number of rotatable bonds is 10. The number of anilines is 2. The summed E-state index contributed by atoms with van der Waals surface area (Å²) in [5, 5.41) is 25.0. The quantitative estimate of drug-likeness (QED) is 0.131. The highest BCUT2D eigenvalue weighted by Gasteiger charge is 2.29. The lowest BCUT2D eigenvalue weighted by Gasteiger charge is -2.29. The second kappa shape index (κ2) is 20.8. The van der Waals surface area contributed by atoms with Crippen LogP contribution in [0.4, 0.5) is 20.2 Å². The monoisotopic (exact) mass is 1090 g/mol. The molecule has 0 atom stereocenters. The fraction of sp³-hybridized carbons (Fsp3) is 0.208. The zero-order chi connectivity index (χ0) is 50.9. The number of aromatic nitrogens is 12. The van der Waals surface area contributed by atoms with Crippen molar-refractivity contribution in [3.63, 3.8) is 0 Å². The molecule has 0 radical (unpaired) electrons.